The number of hydrogen-bond donors (Lipinski definition) is 1. The molecule has 0 atom stereocenters. The third kappa shape index (κ3) is 3.34. The molecule has 7 rings (SSSR count). The Labute approximate surface area is 211 Å². The first-order valence-corrected chi connectivity index (χ1v) is 15.3. The van der Waals surface area contributed by atoms with E-state index in [1.54, 1.807) is 6.20 Å². The molecule has 176 valence electrons. The Hall–Kier alpha value is -3.96. The van der Waals surface area contributed by atoms with E-state index in [1.165, 1.54) is 63.7 Å². The Kier molecular flexibility index (Phi) is 5.10. The van der Waals surface area contributed by atoms with Crippen LogP contribution >= 0.6 is 0 Å². The minimum absolute atomic E-state index is 0.891. The quantitative estimate of drug-likeness (QED) is 0.298. The molecule has 0 radical (unpaired) electrons. The lowest BCUT2D eigenvalue weighted by Crippen LogP contribution is -2.60. The Morgan fingerprint density at radius 3 is 2.39 bits per heavy atom. The van der Waals surface area contributed by atoms with Crippen molar-refractivity contribution in [3.63, 3.8) is 0 Å². The number of imidazole rings is 1. The SMILES string of the molecule is c1ccc([Si]2(c3ccc4c5ccccc5n(-c5cccc(-c6ncc[nH]6)c5)c4c3)CCCCC2)nc1. The molecule has 36 heavy (non-hydrogen) atoms. The van der Waals surface area contributed by atoms with Crippen LogP contribution in [0.2, 0.25) is 12.1 Å². The minimum atomic E-state index is -1.92. The smallest absolute Gasteiger partial charge is 0.141 e. The second-order valence-electron chi connectivity index (χ2n) is 9.93. The summed E-state index contributed by atoms with van der Waals surface area (Å²) in [4.78, 5) is 12.7. The average Bonchev–Trinajstić information content (AvgIpc) is 3.61. The van der Waals surface area contributed by atoms with E-state index in [2.05, 4.69) is 93.4 Å². The van der Waals surface area contributed by atoms with E-state index in [-0.39, 0.29) is 0 Å². The number of hydrogen-bond acceptors (Lipinski definition) is 2. The Bertz CT molecular complexity index is 1660. The van der Waals surface area contributed by atoms with Crippen LogP contribution in [0, 0.1) is 0 Å². The van der Waals surface area contributed by atoms with E-state index >= 15 is 0 Å². The van der Waals surface area contributed by atoms with Crippen LogP contribution in [0.25, 0.3) is 38.9 Å². The van der Waals surface area contributed by atoms with Crippen LogP contribution in [-0.4, -0.2) is 27.6 Å². The van der Waals surface area contributed by atoms with Crippen molar-refractivity contribution in [1.82, 2.24) is 19.5 Å². The van der Waals surface area contributed by atoms with Crippen molar-refractivity contribution in [2.45, 2.75) is 31.4 Å². The predicted octanol–water partition coefficient (Wildman–Crippen LogP) is 6.32. The van der Waals surface area contributed by atoms with Crippen LogP contribution in [0.1, 0.15) is 19.3 Å². The molecule has 0 spiro atoms. The number of fused-ring (bicyclic) bond motifs is 3. The highest BCUT2D eigenvalue weighted by Crippen LogP contribution is 2.34. The Morgan fingerprint density at radius 1 is 0.694 bits per heavy atom. The van der Waals surface area contributed by atoms with Gasteiger partial charge in [-0.25, -0.2) is 4.98 Å². The number of H-pyrrole nitrogens is 1. The summed E-state index contributed by atoms with van der Waals surface area (Å²) in [5, 5.41) is 5.45. The second-order valence-corrected chi connectivity index (χ2v) is 14.2. The molecule has 5 heteroatoms. The molecular weight excluding hydrogens is 456 g/mol. The first-order chi connectivity index (χ1) is 17.8. The maximum absolute atomic E-state index is 4.94. The molecule has 4 heterocycles. The third-order valence-electron chi connectivity index (χ3n) is 7.96. The van der Waals surface area contributed by atoms with Crippen molar-refractivity contribution < 1.29 is 0 Å². The van der Waals surface area contributed by atoms with Crippen molar-refractivity contribution in [3.05, 3.63) is 104 Å². The topological polar surface area (TPSA) is 46.5 Å². The highest BCUT2D eigenvalue weighted by molar-refractivity contribution is 7.02. The van der Waals surface area contributed by atoms with Crippen LogP contribution in [0.4, 0.5) is 0 Å². The summed E-state index contributed by atoms with van der Waals surface area (Å²) in [6.45, 7) is 0. The minimum Gasteiger partial charge on any atom is -0.345 e. The summed E-state index contributed by atoms with van der Waals surface area (Å²) in [5.41, 5.74) is 4.76. The molecule has 1 aliphatic rings. The van der Waals surface area contributed by atoms with E-state index in [0.717, 1.165) is 17.1 Å². The van der Waals surface area contributed by atoms with Crippen molar-refractivity contribution in [2.75, 3.05) is 0 Å². The molecule has 0 amide bonds. The fourth-order valence-corrected chi connectivity index (χ4v) is 11.2. The molecule has 3 aromatic heterocycles. The summed E-state index contributed by atoms with van der Waals surface area (Å²) < 4.78 is 2.43. The van der Waals surface area contributed by atoms with Gasteiger partial charge in [-0.2, -0.15) is 0 Å². The maximum Gasteiger partial charge on any atom is 0.141 e. The van der Waals surface area contributed by atoms with Crippen molar-refractivity contribution in [2.24, 2.45) is 0 Å². The van der Waals surface area contributed by atoms with Gasteiger partial charge in [0.05, 0.1) is 11.0 Å². The van der Waals surface area contributed by atoms with Crippen molar-refractivity contribution in [3.8, 4) is 17.1 Å². The first kappa shape index (κ1) is 21.3. The summed E-state index contributed by atoms with van der Waals surface area (Å²) in [6, 6.07) is 33.8. The lowest BCUT2D eigenvalue weighted by molar-refractivity contribution is 0.719. The number of benzene rings is 3. The van der Waals surface area contributed by atoms with E-state index < -0.39 is 8.07 Å². The van der Waals surface area contributed by atoms with Crippen LogP contribution < -0.4 is 10.5 Å². The highest BCUT2D eigenvalue weighted by atomic mass is 28.3. The molecular formula is C31H28N4Si. The van der Waals surface area contributed by atoms with E-state index in [9.17, 15) is 0 Å². The number of rotatable bonds is 4. The predicted molar refractivity (Wildman–Crippen MR) is 151 cm³/mol. The van der Waals surface area contributed by atoms with Gasteiger partial charge in [-0.15, -0.1) is 0 Å². The highest BCUT2D eigenvalue weighted by Gasteiger charge is 2.40. The number of nitrogens with one attached hydrogen (secondary N) is 1. The molecule has 4 nitrogen and oxygen atoms in total. The lowest BCUT2D eigenvalue weighted by atomic mass is 10.1. The Morgan fingerprint density at radius 2 is 1.56 bits per heavy atom. The lowest BCUT2D eigenvalue weighted by Gasteiger charge is -2.35. The molecule has 3 aromatic carbocycles. The number of nitrogens with zero attached hydrogens (tertiary/aromatic N) is 3. The second kappa shape index (κ2) is 8.61. The molecule has 1 N–H and O–H groups in total. The number of pyridine rings is 1. The van der Waals surface area contributed by atoms with Gasteiger partial charge in [-0.3, -0.25) is 4.98 Å². The summed E-state index contributed by atoms with van der Waals surface area (Å²) in [5.74, 6) is 0.891. The number of para-hydroxylation sites is 1. The standard InChI is InChI=1S/C31H28N4Si/c1-6-19-36(20-7-1,30-13-4-5-16-32-30)25-14-15-27-26-11-2-3-12-28(26)35(29(27)22-25)24-10-8-9-23(21-24)31-33-17-18-34-31/h2-5,8-18,21-22H,1,6-7,19-20H2,(H,33,34). The van der Waals surface area contributed by atoms with Crippen molar-refractivity contribution >= 4 is 40.4 Å². The number of aromatic amines is 1. The molecule has 0 bridgehead atoms. The monoisotopic (exact) mass is 484 g/mol. The summed E-state index contributed by atoms with van der Waals surface area (Å²) in [7, 11) is -1.92. The zero-order chi connectivity index (χ0) is 24.0. The van der Waals surface area contributed by atoms with Gasteiger partial charge in [0.1, 0.15) is 13.9 Å². The molecule has 0 unspecified atom stereocenters. The van der Waals surface area contributed by atoms with E-state index in [1.807, 2.05) is 18.5 Å². The van der Waals surface area contributed by atoms with Crippen LogP contribution in [0.3, 0.4) is 0 Å². The van der Waals surface area contributed by atoms with Gasteiger partial charge in [0.2, 0.25) is 0 Å². The maximum atomic E-state index is 4.94. The van der Waals surface area contributed by atoms with Gasteiger partial charge >= 0.3 is 0 Å². The van der Waals surface area contributed by atoms with Gasteiger partial charge < -0.3 is 9.55 Å². The van der Waals surface area contributed by atoms with Crippen molar-refractivity contribution in [1.29, 1.82) is 0 Å². The van der Waals surface area contributed by atoms with Gasteiger partial charge in [0.15, 0.2) is 0 Å². The molecule has 6 aromatic rings. The van der Waals surface area contributed by atoms with Gasteiger partial charge in [-0.05, 0) is 53.7 Å². The zero-order valence-electron chi connectivity index (χ0n) is 20.2. The van der Waals surface area contributed by atoms with E-state index in [0.29, 0.717) is 0 Å². The fraction of sp³-hybridized carbons (Fsp3) is 0.161. The average molecular weight is 485 g/mol. The molecule has 0 saturated carbocycles. The first-order valence-electron chi connectivity index (χ1n) is 12.9. The normalized spacial score (nSPS) is 15.4. The fourth-order valence-electron chi connectivity index (χ4n) is 6.26. The van der Waals surface area contributed by atoms with Crippen LogP contribution in [0.15, 0.2) is 104 Å². The third-order valence-corrected chi connectivity index (χ3v) is 13.1. The van der Waals surface area contributed by atoms with Crippen LogP contribution in [0.5, 0.6) is 0 Å². The summed E-state index contributed by atoms with van der Waals surface area (Å²) in [6.07, 6.45) is 9.60. The molecule has 1 saturated heterocycles. The summed E-state index contributed by atoms with van der Waals surface area (Å²) >= 11 is 0. The van der Waals surface area contributed by atoms with E-state index in [4.69, 9.17) is 4.98 Å². The van der Waals surface area contributed by atoms with Crippen LogP contribution in [-0.2, 0) is 0 Å². The van der Waals surface area contributed by atoms with Gasteiger partial charge in [0.25, 0.3) is 0 Å². The largest absolute Gasteiger partial charge is 0.345 e. The molecule has 0 aliphatic carbocycles. The molecule has 1 fully saturated rings. The zero-order valence-corrected chi connectivity index (χ0v) is 21.2. The molecule has 1 aliphatic heterocycles. The Balaban J connectivity index is 1.49. The van der Waals surface area contributed by atoms with Gasteiger partial charge in [0, 0.05) is 45.9 Å². The number of aromatic nitrogens is 4. The van der Waals surface area contributed by atoms with Gasteiger partial charge in [-0.1, -0.05) is 67.8 Å².